The van der Waals surface area contributed by atoms with Gasteiger partial charge in [0.15, 0.2) is 0 Å². The van der Waals surface area contributed by atoms with E-state index in [1.165, 1.54) is 23.9 Å². The summed E-state index contributed by atoms with van der Waals surface area (Å²) in [7, 11) is -2.40. The lowest BCUT2D eigenvalue weighted by atomic mass is 10.1. The fourth-order valence-corrected chi connectivity index (χ4v) is 4.39. The summed E-state index contributed by atoms with van der Waals surface area (Å²) < 4.78 is 33.5. The van der Waals surface area contributed by atoms with Crippen molar-refractivity contribution in [2.45, 2.75) is 16.8 Å². The van der Waals surface area contributed by atoms with Crippen LogP contribution in [0.25, 0.3) is 16.9 Å². The van der Waals surface area contributed by atoms with Crippen LogP contribution in [0.5, 0.6) is 5.75 Å². The van der Waals surface area contributed by atoms with E-state index in [0.717, 1.165) is 5.56 Å². The van der Waals surface area contributed by atoms with Gasteiger partial charge in [0.25, 0.3) is 0 Å². The van der Waals surface area contributed by atoms with E-state index in [4.69, 9.17) is 10.5 Å². The standard InChI is InChI=1S/C22H20N4O3S/c1-15-3-5-16(6-4-15)21-22(24-25-26(21)18-9-7-17(23)8-10-18)30(27,28)20-13-11-19(29-2)12-14-20/h3-14H,23H2,1-2H3. The van der Waals surface area contributed by atoms with E-state index in [-0.39, 0.29) is 9.92 Å². The minimum atomic E-state index is -3.92. The molecule has 0 bridgehead atoms. The lowest BCUT2D eigenvalue weighted by molar-refractivity contribution is 0.414. The number of sulfone groups is 1. The number of hydrogen-bond acceptors (Lipinski definition) is 6. The molecule has 0 fully saturated rings. The first-order valence-electron chi connectivity index (χ1n) is 9.18. The van der Waals surface area contributed by atoms with Gasteiger partial charge in [-0.15, -0.1) is 5.10 Å². The minimum absolute atomic E-state index is 0.112. The number of nitrogen functional groups attached to an aromatic ring is 1. The number of aromatic nitrogens is 3. The zero-order valence-corrected chi connectivity index (χ0v) is 17.3. The number of hydrogen-bond donors (Lipinski definition) is 1. The largest absolute Gasteiger partial charge is 0.497 e. The van der Waals surface area contributed by atoms with Crippen LogP contribution < -0.4 is 10.5 Å². The first-order chi connectivity index (χ1) is 14.4. The number of aryl methyl sites for hydroxylation is 1. The van der Waals surface area contributed by atoms with Gasteiger partial charge in [-0.05, 0) is 55.5 Å². The van der Waals surface area contributed by atoms with Crippen LogP contribution in [-0.4, -0.2) is 30.5 Å². The van der Waals surface area contributed by atoms with Crippen molar-refractivity contribution in [1.29, 1.82) is 0 Å². The maximum Gasteiger partial charge on any atom is 0.227 e. The highest BCUT2D eigenvalue weighted by Crippen LogP contribution is 2.32. The van der Waals surface area contributed by atoms with Crippen molar-refractivity contribution in [2.24, 2.45) is 0 Å². The molecule has 0 aliphatic rings. The first-order valence-corrected chi connectivity index (χ1v) is 10.7. The van der Waals surface area contributed by atoms with Crippen molar-refractivity contribution < 1.29 is 13.2 Å². The molecule has 0 unspecified atom stereocenters. The highest BCUT2D eigenvalue weighted by molar-refractivity contribution is 7.91. The average Bonchev–Trinajstić information content (AvgIpc) is 3.21. The number of nitrogens with zero attached hydrogens (tertiary/aromatic N) is 3. The molecule has 0 spiro atoms. The van der Waals surface area contributed by atoms with Crippen molar-refractivity contribution in [3.05, 3.63) is 78.4 Å². The Bertz CT molecular complexity index is 1280. The number of nitrogens with two attached hydrogens (primary N) is 1. The average molecular weight is 420 g/mol. The van der Waals surface area contributed by atoms with Crippen LogP contribution in [0, 0.1) is 6.92 Å². The van der Waals surface area contributed by atoms with Crippen molar-refractivity contribution >= 4 is 15.5 Å². The van der Waals surface area contributed by atoms with Crippen molar-refractivity contribution in [2.75, 3.05) is 12.8 Å². The molecule has 2 N–H and O–H groups in total. The molecule has 0 saturated heterocycles. The van der Waals surface area contributed by atoms with Crippen LogP contribution in [0.15, 0.2) is 82.7 Å². The van der Waals surface area contributed by atoms with Crippen molar-refractivity contribution in [1.82, 2.24) is 15.0 Å². The molecule has 30 heavy (non-hydrogen) atoms. The maximum atomic E-state index is 13.4. The van der Waals surface area contributed by atoms with Gasteiger partial charge in [0, 0.05) is 11.3 Å². The fourth-order valence-electron chi connectivity index (χ4n) is 3.07. The summed E-state index contributed by atoms with van der Waals surface area (Å²) >= 11 is 0. The number of rotatable bonds is 5. The molecule has 4 rings (SSSR count). The molecule has 0 aliphatic carbocycles. The Hall–Kier alpha value is -3.65. The molecule has 4 aromatic rings. The van der Waals surface area contributed by atoms with Crippen molar-refractivity contribution in [3.63, 3.8) is 0 Å². The first kappa shape index (κ1) is 19.7. The Labute approximate surface area is 174 Å². The summed E-state index contributed by atoms with van der Waals surface area (Å²) in [4.78, 5) is 0.112. The fraction of sp³-hybridized carbons (Fsp3) is 0.0909. The zero-order chi connectivity index (χ0) is 21.3. The Balaban J connectivity index is 1.93. The highest BCUT2D eigenvalue weighted by atomic mass is 32.2. The van der Waals surface area contributed by atoms with Gasteiger partial charge in [0.1, 0.15) is 11.4 Å². The molecule has 152 valence electrons. The number of benzene rings is 3. The van der Waals surface area contributed by atoms with Gasteiger partial charge in [-0.1, -0.05) is 35.0 Å². The molecule has 0 radical (unpaired) electrons. The number of anilines is 1. The Morgan fingerprint density at radius 2 is 1.53 bits per heavy atom. The normalized spacial score (nSPS) is 11.4. The van der Waals surface area contributed by atoms with Crippen LogP contribution in [-0.2, 0) is 9.84 Å². The van der Waals surface area contributed by atoms with Gasteiger partial charge in [-0.2, -0.15) is 0 Å². The van der Waals surface area contributed by atoms with Gasteiger partial charge in [0.05, 0.1) is 17.7 Å². The van der Waals surface area contributed by atoms with E-state index in [2.05, 4.69) is 10.3 Å². The monoisotopic (exact) mass is 420 g/mol. The summed E-state index contributed by atoms with van der Waals surface area (Å²) in [6.45, 7) is 1.97. The molecule has 7 nitrogen and oxygen atoms in total. The zero-order valence-electron chi connectivity index (χ0n) is 16.5. The van der Waals surface area contributed by atoms with E-state index >= 15 is 0 Å². The van der Waals surface area contributed by atoms with Gasteiger partial charge in [-0.3, -0.25) is 0 Å². The smallest absolute Gasteiger partial charge is 0.227 e. The minimum Gasteiger partial charge on any atom is -0.497 e. The third kappa shape index (κ3) is 3.53. The lowest BCUT2D eigenvalue weighted by Crippen LogP contribution is -2.06. The predicted molar refractivity (Wildman–Crippen MR) is 114 cm³/mol. The second-order valence-electron chi connectivity index (χ2n) is 6.79. The quantitative estimate of drug-likeness (QED) is 0.495. The molecule has 1 heterocycles. The Kier molecular flexibility index (Phi) is 5.01. The highest BCUT2D eigenvalue weighted by Gasteiger charge is 2.29. The third-order valence-corrected chi connectivity index (χ3v) is 6.40. The summed E-state index contributed by atoms with van der Waals surface area (Å²) in [5, 5.41) is 8.11. The topological polar surface area (TPSA) is 100 Å². The van der Waals surface area contributed by atoms with E-state index < -0.39 is 9.84 Å². The number of ether oxygens (including phenoxy) is 1. The molecule has 0 aliphatic heterocycles. The molecule has 1 aromatic heterocycles. The second-order valence-corrected chi connectivity index (χ2v) is 8.66. The molecule has 0 saturated carbocycles. The molecule has 8 heteroatoms. The van der Waals surface area contributed by atoms with E-state index in [0.29, 0.717) is 28.4 Å². The Morgan fingerprint density at radius 1 is 0.900 bits per heavy atom. The van der Waals surface area contributed by atoms with Crippen LogP contribution in [0.1, 0.15) is 5.56 Å². The predicted octanol–water partition coefficient (Wildman–Crippen LogP) is 3.67. The Morgan fingerprint density at radius 3 is 2.13 bits per heavy atom. The maximum absolute atomic E-state index is 13.4. The second kappa shape index (κ2) is 7.64. The molecule has 3 aromatic carbocycles. The van der Waals surface area contributed by atoms with Gasteiger partial charge < -0.3 is 10.5 Å². The van der Waals surface area contributed by atoms with E-state index in [9.17, 15) is 8.42 Å². The van der Waals surface area contributed by atoms with Crippen molar-refractivity contribution in [3.8, 4) is 22.7 Å². The molecular formula is C22H20N4O3S. The summed E-state index contributed by atoms with van der Waals surface area (Å²) in [6, 6.07) is 20.7. The molecule has 0 amide bonds. The summed E-state index contributed by atoms with van der Waals surface area (Å²) in [5.74, 6) is 0.568. The van der Waals surface area contributed by atoms with Crippen LogP contribution in [0.3, 0.4) is 0 Å². The molecule has 0 atom stereocenters. The van der Waals surface area contributed by atoms with Gasteiger partial charge in [-0.25, -0.2) is 13.1 Å². The van der Waals surface area contributed by atoms with Gasteiger partial charge in [0.2, 0.25) is 14.9 Å². The van der Waals surface area contributed by atoms with Crippen LogP contribution >= 0.6 is 0 Å². The number of methoxy groups -OCH3 is 1. The summed E-state index contributed by atoms with van der Waals surface area (Å²) in [6.07, 6.45) is 0. The molecular weight excluding hydrogens is 400 g/mol. The summed E-state index contributed by atoms with van der Waals surface area (Å²) in [5.41, 5.74) is 9.18. The van der Waals surface area contributed by atoms with Crippen LogP contribution in [0.4, 0.5) is 5.69 Å². The van der Waals surface area contributed by atoms with Crippen LogP contribution in [0.2, 0.25) is 0 Å². The SMILES string of the molecule is COc1ccc(S(=O)(=O)c2nnn(-c3ccc(N)cc3)c2-c2ccc(C)cc2)cc1. The lowest BCUT2D eigenvalue weighted by Gasteiger charge is -2.10. The third-order valence-electron chi connectivity index (χ3n) is 4.73. The van der Waals surface area contributed by atoms with E-state index in [1.807, 2.05) is 31.2 Å². The van der Waals surface area contributed by atoms with Gasteiger partial charge >= 0.3 is 0 Å². The van der Waals surface area contributed by atoms with E-state index in [1.54, 1.807) is 36.4 Å².